The fraction of sp³-hybridized carbons (Fsp3) is 0.286. The summed E-state index contributed by atoms with van der Waals surface area (Å²) in [5, 5.41) is 15.8. The van der Waals surface area contributed by atoms with Gasteiger partial charge in [-0.2, -0.15) is 9.97 Å². The summed E-state index contributed by atoms with van der Waals surface area (Å²) in [5.41, 5.74) is 0.400. The van der Waals surface area contributed by atoms with E-state index < -0.39 is 23.6 Å². The van der Waals surface area contributed by atoms with Crippen LogP contribution in [-0.2, 0) is 14.9 Å². The predicted molar refractivity (Wildman–Crippen MR) is 108 cm³/mol. The Hall–Kier alpha value is -4.15. The highest BCUT2D eigenvalue weighted by Gasteiger charge is 2.56. The van der Waals surface area contributed by atoms with Gasteiger partial charge in [-0.15, -0.1) is 0 Å². The van der Waals surface area contributed by atoms with Crippen molar-refractivity contribution in [3.8, 4) is 11.7 Å². The van der Waals surface area contributed by atoms with Gasteiger partial charge in [0.25, 0.3) is 17.3 Å². The summed E-state index contributed by atoms with van der Waals surface area (Å²) in [6.45, 7) is 3.39. The van der Waals surface area contributed by atoms with Crippen LogP contribution >= 0.6 is 0 Å². The molecule has 5 rings (SSSR count). The number of hydrogen-bond donors (Lipinski definition) is 2. The first-order valence-corrected chi connectivity index (χ1v) is 9.88. The van der Waals surface area contributed by atoms with E-state index in [1.54, 1.807) is 13.8 Å². The summed E-state index contributed by atoms with van der Waals surface area (Å²) in [6.07, 6.45) is -0.300. The first kappa shape index (κ1) is 19.8. The van der Waals surface area contributed by atoms with Crippen molar-refractivity contribution < 1.29 is 32.8 Å². The van der Waals surface area contributed by atoms with E-state index in [-0.39, 0.29) is 34.7 Å². The van der Waals surface area contributed by atoms with Crippen LogP contribution in [0.2, 0.25) is 0 Å². The second-order valence-corrected chi connectivity index (χ2v) is 7.59. The zero-order valence-corrected chi connectivity index (χ0v) is 17.1. The number of aryl methyl sites for hydroxylation is 1. The number of anilines is 1. The van der Waals surface area contributed by atoms with E-state index in [0.29, 0.717) is 18.5 Å². The number of oxazole rings is 2. The van der Waals surface area contributed by atoms with Gasteiger partial charge in [0.15, 0.2) is 0 Å². The minimum Gasteiger partial charge on any atom is -0.480 e. The Bertz CT molecular complexity index is 1290. The molecule has 164 valence electrons. The van der Waals surface area contributed by atoms with Crippen molar-refractivity contribution in [1.82, 2.24) is 15.1 Å². The molecule has 1 fully saturated rings. The standard InChI is InChI=1S/C21H18N4O7/c1-10-13(22-20(28)29-11(2)12-6-4-3-5-7-12)14(32-25-10)15-23-16-17(30-15)24-18(31-16)21(8-9-21)19(26)27/h3-7,11H,8-9H2,1-2H3,(H,22,28)(H,26,27)/t11-/m1/s1. The molecule has 0 radical (unpaired) electrons. The largest absolute Gasteiger partial charge is 0.480 e. The lowest BCUT2D eigenvalue weighted by Gasteiger charge is -2.14. The lowest BCUT2D eigenvalue weighted by atomic mass is 10.1. The minimum absolute atomic E-state index is 0.0232. The number of amides is 1. The van der Waals surface area contributed by atoms with Crippen LogP contribution in [0.3, 0.4) is 0 Å². The van der Waals surface area contributed by atoms with Gasteiger partial charge in [-0.3, -0.25) is 10.1 Å². The Morgan fingerprint density at radius 1 is 1.16 bits per heavy atom. The minimum atomic E-state index is -1.11. The Balaban J connectivity index is 1.36. The summed E-state index contributed by atoms with van der Waals surface area (Å²) < 4.78 is 21.8. The van der Waals surface area contributed by atoms with Gasteiger partial charge in [0.2, 0.25) is 11.7 Å². The van der Waals surface area contributed by atoms with Crippen LogP contribution < -0.4 is 5.32 Å². The van der Waals surface area contributed by atoms with Crippen LogP contribution in [0.15, 0.2) is 43.7 Å². The van der Waals surface area contributed by atoms with Gasteiger partial charge in [0, 0.05) is 0 Å². The van der Waals surface area contributed by atoms with E-state index >= 15 is 0 Å². The Morgan fingerprint density at radius 3 is 2.53 bits per heavy atom. The van der Waals surface area contributed by atoms with E-state index in [1.165, 1.54) is 0 Å². The van der Waals surface area contributed by atoms with Gasteiger partial charge >= 0.3 is 12.1 Å². The molecular weight excluding hydrogens is 420 g/mol. The van der Waals surface area contributed by atoms with Crippen molar-refractivity contribution in [3.05, 3.63) is 47.5 Å². The summed E-state index contributed by atoms with van der Waals surface area (Å²) in [4.78, 5) is 32.2. The summed E-state index contributed by atoms with van der Waals surface area (Å²) in [6, 6.07) is 9.29. The number of rotatable bonds is 6. The first-order chi connectivity index (χ1) is 15.4. The van der Waals surface area contributed by atoms with Crippen LogP contribution in [0.4, 0.5) is 10.5 Å². The van der Waals surface area contributed by atoms with Crippen molar-refractivity contribution in [2.24, 2.45) is 0 Å². The topological polar surface area (TPSA) is 154 Å². The van der Waals surface area contributed by atoms with E-state index in [2.05, 4.69) is 20.4 Å². The SMILES string of the molecule is Cc1noc(-c2nc3oc(C4(C(=O)O)CC4)nc3o2)c1NC(=O)O[C@H](C)c1ccccc1. The van der Waals surface area contributed by atoms with Gasteiger partial charge < -0.3 is 23.2 Å². The van der Waals surface area contributed by atoms with Crippen molar-refractivity contribution in [1.29, 1.82) is 0 Å². The molecule has 1 aliphatic rings. The monoisotopic (exact) mass is 438 g/mol. The van der Waals surface area contributed by atoms with Crippen LogP contribution in [0.1, 0.15) is 43.0 Å². The highest BCUT2D eigenvalue weighted by Crippen LogP contribution is 2.48. The summed E-state index contributed by atoms with van der Waals surface area (Å²) >= 11 is 0. The van der Waals surface area contributed by atoms with Crippen LogP contribution in [0.5, 0.6) is 0 Å². The Morgan fingerprint density at radius 2 is 1.88 bits per heavy atom. The fourth-order valence-electron chi connectivity index (χ4n) is 3.33. The molecule has 0 bridgehead atoms. The molecule has 4 aromatic rings. The lowest BCUT2D eigenvalue weighted by Crippen LogP contribution is -2.19. The fourth-order valence-corrected chi connectivity index (χ4v) is 3.33. The van der Waals surface area contributed by atoms with E-state index in [9.17, 15) is 14.7 Å². The summed E-state index contributed by atoms with van der Waals surface area (Å²) in [5.74, 6) is -0.906. The van der Waals surface area contributed by atoms with Crippen molar-refractivity contribution in [2.75, 3.05) is 5.32 Å². The smallest absolute Gasteiger partial charge is 0.412 e. The number of ether oxygens (including phenoxy) is 1. The van der Waals surface area contributed by atoms with Crippen LogP contribution in [0, 0.1) is 6.92 Å². The quantitative estimate of drug-likeness (QED) is 0.447. The number of hydrogen-bond acceptors (Lipinski definition) is 9. The number of carbonyl (C=O) groups excluding carboxylic acids is 1. The molecule has 0 saturated heterocycles. The molecular formula is C21H18N4O7. The van der Waals surface area contributed by atoms with E-state index in [1.807, 2.05) is 30.3 Å². The molecule has 3 aromatic heterocycles. The highest BCUT2D eigenvalue weighted by molar-refractivity contribution is 5.90. The molecule has 3 heterocycles. The number of fused-ring (bicyclic) bond motifs is 1. The second-order valence-electron chi connectivity index (χ2n) is 7.59. The predicted octanol–water partition coefficient (Wildman–Crippen LogP) is 4.21. The lowest BCUT2D eigenvalue weighted by molar-refractivity contribution is -0.140. The average molecular weight is 438 g/mol. The molecule has 2 N–H and O–H groups in total. The van der Waals surface area contributed by atoms with Gasteiger partial charge in [-0.05, 0) is 32.3 Å². The molecule has 0 unspecified atom stereocenters. The average Bonchev–Trinajstić information content (AvgIpc) is 3.18. The van der Waals surface area contributed by atoms with Gasteiger partial charge in [0.05, 0.1) is 0 Å². The third-order valence-corrected chi connectivity index (χ3v) is 5.38. The molecule has 1 aliphatic carbocycles. The maximum atomic E-state index is 12.4. The van der Waals surface area contributed by atoms with Crippen LogP contribution in [-0.4, -0.2) is 32.3 Å². The maximum Gasteiger partial charge on any atom is 0.412 e. The second kappa shape index (κ2) is 7.22. The molecule has 0 aliphatic heterocycles. The number of benzene rings is 1. The van der Waals surface area contributed by atoms with E-state index in [0.717, 1.165) is 5.56 Å². The number of nitrogens with one attached hydrogen (secondary N) is 1. The van der Waals surface area contributed by atoms with E-state index in [4.69, 9.17) is 18.1 Å². The number of carboxylic acid groups (broad SMARTS) is 1. The van der Waals surface area contributed by atoms with Gasteiger partial charge in [0.1, 0.15) is 22.9 Å². The molecule has 11 nitrogen and oxygen atoms in total. The van der Waals surface area contributed by atoms with Gasteiger partial charge in [-0.1, -0.05) is 35.5 Å². The van der Waals surface area contributed by atoms with Crippen molar-refractivity contribution in [3.63, 3.8) is 0 Å². The molecule has 1 saturated carbocycles. The zero-order chi connectivity index (χ0) is 22.5. The molecule has 1 amide bonds. The summed E-state index contributed by atoms with van der Waals surface area (Å²) in [7, 11) is 0. The number of carboxylic acids is 1. The normalized spacial score (nSPS) is 15.4. The number of aromatic nitrogens is 3. The number of carbonyl (C=O) groups is 2. The molecule has 11 heteroatoms. The third-order valence-electron chi connectivity index (χ3n) is 5.38. The van der Waals surface area contributed by atoms with Crippen molar-refractivity contribution in [2.45, 2.75) is 38.2 Å². The van der Waals surface area contributed by atoms with Crippen molar-refractivity contribution >= 4 is 29.2 Å². The Kier molecular flexibility index (Phi) is 4.47. The Labute approximate surface area is 180 Å². The third kappa shape index (κ3) is 3.27. The molecule has 0 spiro atoms. The first-order valence-electron chi connectivity index (χ1n) is 9.88. The highest BCUT2D eigenvalue weighted by atomic mass is 16.6. The van der Waals surface area contributed by atoms with Crippen LogP contribution in [0.25, 0.3) is 23.1 Å². The molecule has 1 aromatic carbocycles. The molecule has 1 atom stereocenters. The molecule has 32 heavy (non-hydrogen) atoms. The number of aliphatic carboxylic acids is 1. The maximum absolute atomic E-state index is 12.4. The number of nitrogens with zero attached hydrogens (tertiary/aromatic N) is 3. The van der Waals surface area contributed by atoms with Gasteiger partial charge in [-0.25, -0.2) is 4.79 Å². The zero-order valence-electron chi connectivity index (χ0n) is 17.1.